The fourth-order valence-corrected chi connectivity index (χ4v) is 1.99. The van der Waals surface area contributed by atoms with Crippen molar-refractivity contribution in [2.45, 2.75) is 32.9 Å². The minimum Gasteiger partial charge on any atom is -0.478 e. The van der Waals surface area contributed by atoms with Crippen molar-refractivity contribution in [3.05, 3.63) is 23.2 Å². The Morgan fingerprint density at radius 3 is 2.89 bits per heavy atom. The maximum atomic E-state index is 11.7. The lowest BCUT2D eigenvalue weighted by Crippen LogP contribution is -2.25. The van der Waals surface area contributed by atoms with Gasteiger partial charge in [-0.3, -0.25) is 4.79 Å². The monoisotopic (exact) mass is 267 g/mol. The fraction of sp³-hybridized carbons (Fsp3) is 0.538. The fourth-order valence-electron chi connectivity index (χ4n) is 1.99. The second-order valence-electron chi connectivity index (χ2n) is 4.54. The molecule has 6 nitrogen and oxygen atoms in total. The Kier molecular flexibility index (Phi) is 3.90. The van der Waals surface area contributed by atoms with Crippen molar-refractivity contribution >= 4 is 11.9 Å². The summed E-state index contributed by atoms with van der Waals surface area (Å²) in [6.07, 6.45) is 0.773. The standard InChI is InChI=1S/C13H17NO5/c1-3-18-11-5-10(11)12(15)14-6-8-4-9(13(16)17)7(2)19-8/h4,10-11H,3,5-6H2,1-2H3,(H,14,15)(H,16,17)/t10-,11+/m1/s1. The third-order valence-corrected chi connectivity index (χ3v) is 3.09. The van der Waals surface area contributed by atoms with Gasteiger partial charge < -0.3 is 19.6 Å². The van der Waals surface area contributed by atoms with E-state index in [1.807, 2.05) is 6.92 Å². The van der Waals surface area contributed by atoms with E-state index in [1.54, 1.807) is 6.92 Å². The number of aryl methyl sites for hydroxylation is 1. The number of aromatic carboxylic acids is 1. The molecular weight excluding hydrogens is 250 g/mol. The second kappa shape index (κ2) is 5.44. The molecule has 0 saturated heterocycles. The van der Waals surface area contributed by atoms with Crippen LogP contribution in [0.4, 0.5) is 0 Å². The molecule has 2 rings (SSSR count). The van der Waals surface area contributed by atoms with Crippen molar-refractivity contribution in [2.24, 2.45) is 5.92 Å². The third kappa shape index (κ3) is 3.14. The number of ether oxygens (including phenoxy) is 1. The summed E-state index contributed by atoms with van der Waals surface area (Å²) in [6, 6.07) is 1.44. The molecule has 2 atom stereocenters. The first kappa shape index (κ1) is 13.6. The van der Waals surface area contributed by atoms with E-state index in [9.17, 15) is 9.59 Å². The molecule has 0 spiro atoms. The summed E-state index contributed by atoms with van der Waals surface area (Å²) in [4.78, 5) is 22.6. The van der Waals surface area contributed by atoms with Crippen LogP contribution in [0.3, 0.4) is 0 Å². The maximum absolute atomic E-state index is 11.7. The topological polar surface area (TPSA) is 88.8 Å². The normalized spacial score (nSPS) is 21.2. The van der Waals surface area contributed by atoms with Crippen LogP contribution in [0.15, 0.2) is 10.5 Å². The number of hydrogen-bond acceptors (Lipinski definition) is 4. The molecule has 0 unspecified atom stereocenters. The van der Waals surface area contributed by atoms with Gasteiger partial charge in [0, 0.05) is 6.61 Å². The Morgan fingerprint density at radius 2 is 2.32 bits per heavy atom. The summed E-state index contributed by atoms with van der Waals surface area (Å²) in [7, 11) is 0. The number of hydrogen-bond donors (Lipinski definition) is 2. The van der Waals surface area contributed by atoms with E-state index >= 15 is 0 Å². The molecule has 0 bridgehead atoms. The first-order valence-corrected chi connectivity index (χ1v) is 6.24. The van der Waals surface area contributed by atoms with Gasteiger partial charge in [0.2, 0.25) is 5.91 Å². The van der Waals surface area contributed by atoms with Crippen LogP contribution in [0.5, 0.6) is 0 Å². The highest BCUT2D eigenvalue weighted by Crippen LogP contribution is 2.33. The van der Waals surface area contributed by atoms with Crippen LogP contribution >= 0.6 is 0 Å². The van der Waals surface area contributed by atoms with Crippen LogP contribution in [-0.4, -0.2) is 29.7 Å². The van der Waals surface area contributed by atoms with Crippen molar-refractivity contribution < 1.29 is 23.8 Å². The Morgan fingerprint density at radius 1 is 1.58 bits per heavy atom. The lowest BCUT2D eigenvalue weighted by molar-refractivity contribution is -0.123. The van der Waals surface area contributed by atoms with E-state index in [1.165, 1.54) is 6.07 Å². The smallest absolute Gasteiger partial charge is 0.339 e. The molecule has 0 radical (unpaired) electrons. The summed E-state index contributed by atoms with van der Waals surface area (Å²) >= 11 is 0. The number of rotatable bonds is 6. The summed E-state index contributed by atoms with van der Waals surface area (Å²) < 4.78 is 10.6. The molecule has 0 aromatic carbocycles. The zero-order valence-electron chi connectivity index (χ0n) is 10.9. The van der Waals surface area contributed by atoms with E-state index in [0.717, 1.165) is 6.42 Å². The van der Waals surface area contributed by atoms with Gasteiger partial charge in [-0.15, -0.1) is 0 Å². The van der Waals surface area contributed by atoms with Gasteiger partial charge in [0.15, 0.2) is 0 Å². The molecule has 1 aromatic heterocycles. The minimum atomic E-state index is -1.03. The number of carboxylic acids is 1. The highest BCUT2D eigenvalue weighted by Gasteiger charge is 2.43. The van der Waals surface area contributed by atoms with Gasteiger partial charge in [0.1, 0.15) is 17.1 Å². The van der Waals surface area contributed by atoms with Gasteiger partial charge in [-0.1, -0.05) is 0 Å². The largest absolute Gasteiger partial charge is 0.478 e. The van der Waals surface area contributed by atoms with E-state index in [4.69, 9.17) is 14.3 Å². The lowest BCUT2D eigenvalue weighted by atomic mass is 10.2. The number of carbonyl (C=O) groups is 2. The molecule has 1 amide bonds. The first-order chi connectivity index (χ1) is 9.02. The molecule has 6 heteroatoms. The molecule has 19 heavy (non-hydrogen) atoms. The quantitative estimate of drug-likeness (QED) is 0.811. The minimum absolute atomic E-state index is 0.0258. The molecule has 2 N–H and O–H groups in total. The van der Waals surface area contributed by atoms with Crippen LogP contribution in [0.25, 0.3) is 0 Å². The van der Waals surface area contributed by atoms with E-state index in [0.29, 0.717) is 18.1 Å². The molecule has 1 aromatic rings. The number of amides is 1. The zero-order valence-corrected chi connectivity index (χ0v) is 10.9. The van der Waals surface area contributed by atoms with Gasteiger partial charge in [-0.05, 0) is 26.3 Å². The van der Waals surface area contributed by atoms with Gasteiger partial charge in [-0.2, -0.15) is 0 Å². The summed E-state index contributed by atoms with van der Waals surface area (Å²) in [5.41, 5.74) is 0.128. The molecule has 0 aliphatic heterocycles. The second-order valence-corrected chi connectivity index (χ2v) is 4.54. The van der Waals surface area contributed by atoms with Gasteiger partial charge in [0.25, 0.3) is 0 Å². The predicted octanol–water partition coefficient (Wildman–Crippen LogP) is 1.33. The number of carbonyl (C=O) groups excluding carboxylic acids is 1. The van der Waals surface area contributed by atoms with Crippen LogP contribution in [-0.2, 0) is 16.1 Å². The molecule has 104 valence electrons. The molecule has 1 fully saturated rings. The summed E-state index contributed by atoms with van der Waals surface area (Å²) in [5.74, 6) is -0.413. The zero-order chi connectivity index (χ0) is 14.0. The van der Waals surface area contributed by atoms with E-state index in [2.05, 4.69) is 5.32 Å². The van der Waals surface area contributed by atoms with Gasteiger partial charge in [0.05, 0.1) is 18.6 Å². The van der Waals surface area contributed by atoms with E-state index in [-0.39, 0.29) is 30.0 Å². The first-order valence-electron chi connectivity index (χ1n) is 6.24. The molecular formula is C13H17NO5. The maximum Gasteiger partial charge on any atom is 0.339 e. The van der Waals surface area contributed by atoms with Crippen molar-refractivity contribution in [2.75, 3.05) is 6.61 Å². The van der Waals surface area contributed by atoms with Crippen molar-refractivity contribution in [3.8, 4) is 0 Å². The molecule has 1 saturated carbocycles. The Hall–Kier alpha value is -1.82. The molecule has 1 heterocycles. The van der Waals surface area contributed by atoms with Gasteiger partial charge >= 0.3 is 5.97 Å². The average molecular weight is 267 g/mol. The molecule has 1 aliphatic carbocycles. The summed E-state index contributed by atoms with van der Waals surface area (Å²) in [6.45, 7) is 4.28. The van der Waals surface area contributed by atoms with Crippen LogP contribution in [0.2, 0.25) is 0 Å². The third-order valence-electron chi connectivity index (χ3n) is 3.09. The van der Waals surface area contributed by atoms with Gasteiger partial charge in [-0.25, -0.2) is 4.79 Å². The van der Waals surface area contributed by atoms with E-state index < -0.39 is 5.97 Å². The van der Waals surface area contributed by atoms with Crippen LogP contribution < -0.4 is 5.32 Å². The van der Waals surface area contributed by atoms with Crippen LogP contribution in [0.1, 0.15) is 35.2 Å². The Labute approximate surface area is 110 Å². The number of carboxylic acid groups (broad SMARTS) is 1. The van der Waals surface area contributed by atoms with Crippen molar-refractivity contribution in [3.63, 3.8) is 0 Å². The van der Waals surface area contributed by atoms with Crippen molar-refractivity contribution in [1.82, 2.24) is 5.32 Å². The Bertz CT molecular complexity index is 493. The average Bonchev–Trinajstić information content (AvgIpc) is 3.01. The highest BCUT2D eigenvalue weighted by molar-refractivity contribution is 5.88. The van der Waals surface area contributed by atoms with Crippen molar-refractivity contribution in [1.29, 1.82) is 0 Å². The summed E-state index contributed by atoms with van der Waals surface area (Å²) in [5, 5.41) is 11.6. The number of furan rings is 1. The SMILES string of the molecule is CCO[C@H]1C[C@H]1C(=O)NCc1cc(C(=O)O)c(C)o1. The highest BCUT2D eigenvalue weighted by atomic mass is 16.5. The predicted molar refractivity (Wildman–Crippen MR) is 65.8 cm³/mol. The number of nitrogens with one attached hydrogen (secondary N) is 1. The molecule has 1 aliphatic rings. The van der Waals surface area contributed by atoms with Crippen LogP contribution in [0, 0.1) is 12.8 Å². The lowest BCUT2D eigenvalue weighted by Gasteiger charge is -2.02. The Balaban J connectivity index is 1.84.